The molecule has 0 fully saturated rings. The second-order valence-corrected chi connectivity index (χ2v) is 4.61. The maximum absolute atomic E-state index is 12.1. The summed E-state index contributed by atoms with van der Waals surface area (Å²) in [5.41, 5.74) is 0.643. The molecule has 0 radical (unpaired) electrons. The lowest BCUT2D eigenvalue weighted by molar-refractivity contribution is 0.492. The zero-order valence-electron chi connectivity index (χ0n) is 11.2. The summed E-state index contributed by atoms with van der Waals surface area (Å²) in [7, 11) is 0. The average molecular weight is 257 g/mol. The van der Waals surface area contributed by atoms with Crippen LogP contribution in [-0.2, 0) is 6.54 Å². The minimum absolute atomic E-state index is 0.140. The smallest absolute Gasteiger partial charge is 0.269 e. The van der Waals surface area contributed by atoms with Gasteiger partial charge in [-0.2, -0.15) is 10.4 Å². The summed E-state index contributed by atoms with van der Waals surface area (Å²) in [5.74, 6) is 0.704. The number of nitriles is 1. The molecule has 0 aliphatic carbocycles. The Morgan fingerprint density at radius 2 is 2.16 bits per heavy atom. The van der Waals surface area contributed by atoms with Crippen molar-refractivity contribution < 1.29 is 0 Å². The highest BCUT2D eigenvalue weighted by atomic mass is 16.1. The van der Waals surface area contributed by atoms with Gasteiger partial charge in [-0.05, 0) is 32.9 Å². The number of hydrogen-bond acceptors (Lipinski definition) is 4. The van der Waals surface area contributed by atoms with E-state index in [1.807, 2.05) is 26.8 Å². The Bertz CT molecular complexity index is 690. The maximum atomic E-state index is 12.1. The normalized spacial score (nSPS) is 10.7. The molecule has 0 amide bonds. The molecule has 0 saturated heterocycles. The van der Waals surface area contributed by atoms with Crippen LogP contribution in [0.4, 0.5) is 0 Å². The summed E-state index contributed by atoms with van der Waals surface area (Å²) < 4.78 is 3.31. The van der Waals surface area contributed by atoms with E-state index in [9.17, 15) is 4.79 Å². The van der Waals surface area contributed by atoms with Gasteiger partial charge in [0.1, 0.15) is 23.8 Å². The number of aromatic nitrogens is 4. The van der Waals surface area contributed by atoms with Crippen LogP contribution in [0.1, 0.15) is 37.0 Å². The minimum atomic E-state index is -0.291. The molecule has 2 rings (SSSR count). The zero-order valence-corrected chi connectivity index (χ0v) is 11.2. The lowest BCUT2D eigenvalue weighted by atomic mass is 10.2. The van der Waals surface area contributed by atoms with E-state index in [1.165, 1.54) is 6.33 Å². The molecule has 0 N–H and O–H groups in total. The van der Waals surface area contributed by atoms with Crippen molar-refractivity contribution >= 4 is 0 Å². The quantitative estimate of drug-likeness (QED) is 0.829. The third kappa shape index (κ3) is 2.40. The van der Waals surface area contributed by atoms with Crippen molar-refractivity contribution in [2.45, 2.75) is 33.4 Å². The van der Waals surface area contributed by atoms with Gasteiger partial charge in [-0.1, -0.05) is 0 Å². The van der Waals surface area contributed by atoms with Gasteiger partial charge in [0, 0.05) is 11.7 Å². The molecule has 6 heteroatoms. The highest BCUT2D eigenvalue weighted by molar-refractivity contribution is 5.27. The van der Waals surface area contributed by atoms with Crippen molar-refractivity contribution in [3.63, 3.8) is 0 Å². The molecule has 0 unspecified atom stereocenters. The maximum Gasteiger partial charge on any atom is 0.269 e. The molecule has 2 aromatic heterocycles. The van der Waals surface area contributed by atoms with Crippen molar-refractivity contribution in [3.8, 4) is 6.07 Å². The number of rotatable bonds is 3. The molecule has 6 nitrogen and oxygen atoms in total. The van der Waals surface area contributed by atoms with Gasteiger partial charge in [-0.3, -0.25) is 4.79 Å². The molecule has 0 saturated carbocycles. The van der Waals surface area contributed by atoms with E-state index < -0.39 is 0 Å². The topological polar surface area (TPSA) is 76.5 Å². The van der Waals surface area contributed by atoms with Crippen molar-refractivity contribution in [1.82, 2.24) is 19.3 Å². The summed E-state index contributed by atoms with van der Waals surface area (Å²) in [4.78, 5) is 16.3. The van der Waals surface area contributed by atoms with Gasteiger partial charge in [-0.15, -0.1) is 0 Å². The van der Waals surface area contributed by atoms with Crippen molar-refractivity contribution in [1.29, 1.82) is 5.26 Å². The molecule has 0 aromatic carbocycles. The Morgan fingerprint density at radius 1 is 1.42 bits per heavy atom. The third-order valence-electron chi connectivity index (χ3n) is 2.95. The molecular formula is C13H15N5O. The largest absolute Gasteiger partial charge is 0.304 e. The predicted octanol–water partition coefficient (Wildman–Crippen LogP) is 1.25. The van der Waals surface area contributed by atoms with Gasteiger partial charge in [0.05, 0.1) is 6.54 Å². The van der Waals surface area contributed by atoms with E-state index in [0.717, 1.165) is 5.69 Å². The Kier molecular flexibility index (Phi) is 3.47. The Balaban J connectivity index is 2.47. The van der Waals surface area contributed by atoms with Gasteiger partial charge >= 0.3 is 0 Å². The van der Waals surface area contributed by atoms with Crippen molar-refractivity contribution in [3.05, 3.63) is 45.9 Å². The van der Waals surface area contributed by atoms with Crippen LogP contribution >= 0.6 is 0 Å². The summed E-state index contributed by atoms with van der Waals surface area (Å²) in [5, 5.41) is 13.0. The lowest BCUT2D eigenvalue weighted by Crippen LogP contribution is -2.26. The van der Waals surface area contributed by atoms with E-state index >= 15 is 0 Å². The minimum Gasteiger partial charge on any atom is -0.304 e. The molecule has 0 bridgehead atoms. The monoisotopic (exact) mass is 257 g/mol. The Hall–Kier alpha value is -2.42. The summed E-state index contributed by atoms with van der Waals surface area (Å²) in [6.45, 7) is 6.15. The molecule has 19 heavy (non-hydrogen) atoms. The van der Waals surface area contributed by atoms with Crippen molar-refractivity contribution in [2.24, 2.45) is 0 Å². The summed E-state index contributed by atoms with van der Waals surface area (Å²) in [6.07, 6.45) is 1.48. The van der Waals surface area contributed by atoms with E-state index in [-0.39, 0.29) is 17.2 Å². The van der Waals surface area contributed by atoms with Gasteiger partial charge in [-0.25, -0.2) is 9.67 Å². The van der Waals surface area contributed by atoms with Crippen LogP contribution in [-0.4, -0.2) is 19.3 Å². The van der Waals surface area contributed by atoms with Gasteiger partial charge < -0.3 is 4.57 Å². The third-order valence-corrected chi connectivity index (χ3v) is 2.95. The molecule has 2 aromatic rings. The van der Waals surface area contributed by atoms with Gasteiger partial charge in [0.25, 0.3) is 5.56 Å². The van der Waals surface area contributed by atoms with E-state index in [1.54, 1.807) is 21.4 Å². The van der Waals surface area contributed by atoms with Gasteiger partial charge in [0.15, 0.2) is 0 Å². The van der Waals surface area contributed by atoms with E-state index in [0.29, 0.717) is 12.4 Å². The van der Waals surface area contributed by atoms with Crippen LogP contribution in [0.3, 0.4) is 0 Å². The van der Waals surface area contributed by atoms with E-state index in [4.69, 9.17) is 5.26 Å². The number of pyridine rings is 1. The number of hydrogen-bond donors (Lipinski definition) is 0. The molecule has 0 spiro atoms. The molecular weight excluding hydrogens is 242 g/mol. The van der Waals surface area contributed by atoms with E-state index in [2.05, 4.69) is 10.1 Å². The molecule has 0 aliphatic heterocycles. The fourth-order valence-electron chi connectivity index (χ4n) is 1.91. The molecule has 0 aliphatic rings. The van der Waals surface area contributed by atoms with Crippen LogP contribution in [0.5, 0.6) is 0 Å². The van der Waals surface area contributed by atoms with Crippen LogP contribution in [0.25, 0.3) is 0 Å². The summed E-state index contributed by atoms with van der Waals surface area (Å²) >= 11 is 0. The van der Waals surface area contributed by atoms with Crippen LogP contribution in [0.2, 0.25) is 0 Å². The van der Waals surface area contributed by atoms with Crippen LogP contribution in [0.15, 0.2) is 23.3 Å². The first-order chi connectivity index (χ1) is 9.04. The fourth-order valence-corrected chi connectivity index (χ4v) is 1.91. The zero-order chi connectivity index (χ0) is 14.0. The SMILES string of the molecule is Cc1ccc(C#N)c(=O)n1Cc1ncnn1C(C)C. The Labute approximate surface area is 110 Å². The van der Waals surface area contributed by atoms with Crippen LogP contribution < -0.4 is 5.56 Å². The predicted molar refractivity (Wildman–Crippen MR) is 69.7 cm³/mol. The first-order valence-corrected chi connectivity index (χ1v) is 6.03. The highest BCUT2D eigenvalue weighted by Crippen LogP contribution is 2.07. The number of nitrogens with zero attached hydrogens (tertiary/aromatic N) is 5. The summed E-state index contributed by atoms with van der Waals surface area (Å²) in [6, 6.07) is 5.38. The second kappa shape index (κ2) is 5.06. The molecule has 0 atom stereocenters. The second-order valence-electron chi connectivity index (χ2n) is 4.61. The fraction of sp³-hybridized carbons (Fsp3) is 0.385. The van der Waals surface area contributed by atoms with Crippen LogP contribution in [0, 0.1) is 18.3 Å². The lowest BCUT2D eigenvalue weighted by Gasteiger charge is -2.12. The number of aryl methyl sites for hydroxylation is 1. The van der Waals surface area contributed by atoms with Crippen molar-refractivity contribution in [2.75, 3.05) is 0 Å². The molecule has 98 valence electrons. The standard InChI is InChI=1S/C13H15N5O/c1-9(2)18-12(15-8-16-18)7-17-10(3)4-5-11(6-14)13(17)19/h4-5,8-9H,7H2,1-3H3. The average Bonchev–Trinajstić information content (AvgIpc) is 2.83. The highest BCUT2D eigenvalue weighted by Gasteiger charge is 2.12. The van der Waals surface area contributed by atoms with Gasteiger partial charge in [0.2, 0.25) is 0 Å². The Morgan fingerprint density at radius 3 is 2.79 bits per heavy atom. The first-order valence-electron chi connectivity index (χ1n) is 6.03. The molecule has 2 heterocycles. The first kappa shape index (κ1) is 13.0.